The molecule has 0 aliphatic heterocycles. The zero-order chi connectivity index (χ0) is 14.2. The molecule has 2 aromatic rings. The number of benzene rings is 1. The zero-order valence-corrected chi connectivity index (χ0v) is 12.3. The molecule has 0 saturated carbocycles. The molecule has 0 aliphatic rings. The van der Waals surface area contributed by atoms with Crippen molar-refractivity contribution in [3.8, 4) is 11.3 Å². The quantitative estimate of drug-likeness (QED) is 0.846. The molecule has 2 rings (SSSR count). The minimum absolute atomic E-state index is 0.157. The van der Waals surface area contributed by atoms with Gasteiger partial charge in [0.05, 0.1) is 5.69 Å². The Bertz CT molecular complexity index is 590. The molecule has 0 aliphatic carbocycles. The minimum Gasteiger partial charge on any atom is -0.368 e. The molecule has 1 heterocycles. The van der Waals surface area contributed by atoms with Crippen molar-refractivity contribution >= 4 is 5.95 Å². The summed E-state index contributed by atoms with van der Waals surface area (Å²) < 4.78 is 0. The van der Waals surface area contributed by atoms with Gasteiger partial charge in [-0.3, -0.25) is 0 Å². The Hall–Kier alpha value is -1.90. The molecule has 100 valence electrons. The second kappa shape index (κ2) is 4.65. The summed E-state index contributed by atoms with van der Waals surface area (Å²) in [6, 6.07) is 8.48. The number of aryl methyl sites for hydroxylation is 2. The lowest BCUT2D eigenvalue weighted by Crippen LogP contribution is -2.11. The van der Waals surface area contributed by atoms with Gasteiger partial charge < -0.3 is 5.73 Å². The van der Waals surface area contributed by atoms with Gasteiger partial charge >= 0.3 is 0 Å². The highest BCUT2D eigenvalue weighted by molar-refractivity contribution is 5.65. The molecule has 2 N–H and O–H groups in total. The third-order valence-corrected chi connectivity index (χ3v) is 3.24. The summed E-state index contributed by atoms with van der Waals surface area (Å²) in [5.41, 5.74) is 11.3. The van der Waals surface area contributed by atoms with Gasteiger partial charge in [-0.05, 0) is 36.5 Å². The summed E-state index contributed by atoms with van der Waals surface area (Å²) in [5.74, 6) is 0.328. The number of hydrogen-bond acceptors (Lipinski definition) is 3. The topological polar surface area (TPSA) is 51.8 Å². The van der Waals surface area contributed by atoms with Crippen molar-refractivity contribution in [3.05, 3.63) is 41.1 Å². The fraction of sp³-hybridized carbons (Fsp3) is 0.375. The predicted octanol–water partition coefficient (Wildman–Crippen LogP) is 3.64. The molecule has 3 heteroatoms. The molecular formula is C16H21N3. The number of hydrogen-bond donors (Lipinski definition) is 1. The summed E-state index contributed by atoms with van der Waals surface area (Å²) in [6.45, 7) is 10.7. The third kappa shape index (κ3) is 2.92. The highest BCUT2D eigenvalue weighted by atomic mass is 15.0. The molecule has 1 aromatic carbocycles. The van der Waals surface area contributed by atoms with Gasteiger partial charge in [0.15, 0.2) is 0 Å². The van der Waals surface area contributed by atoms with E-state index < -0.39 is 0 Å². The Morgan fingerprint density at radius 2 is 1.68 bits per heavy atom. The summed E-state index contributed by atoms with van der Waals surface area (Å²) in [6.07, 6.45) is 0. The lowest BCUT2D eigenvalue weighted by molar-refractivity contribution is 0.590. The Balaban J connectivity index is 2.52. The van der Waals surface area contributed by atoms with Crippen LogP contribution in [0.1, 0.15) is 37.6 Å². The van der Waals surface area contributed by atoms with E-state index in [2.05, 4.69) is 55.9 Å². The van der Waals surface area contributed by atoms with Crippen LogP contribution in [-0.4, -0.2) is 9.97 Å². The third-order valence-electron chi connectivity index (χ3n) is 3.24. The molecule has 1 aromatic heterocycles. The average Bonchev–Trinajstić information content (AvgIpc) is 2.26. The second-order valence-electron chi connectivity index (χ2n) is 6.03. The standard InChI is InChI=1S/C16H21N3/c1-10-8-12(16(3,4)5)6-7-13(10)14-9-11(2)18-15(17)19-14/h6-9H,1-5H3,(H2,17,18,19). The zero-order valence-electron chi connectivity index (χ0n) is 12.3. The van der Waals surface area contributed by atoms with Gasteiger partial charge in [0.25, 0.3) is 0 Å². The van der Waals surface area contributed by atoms with Gasteiger partial charge in [0.2, 0.25) is 5.95 Å². The number of nitrogen functional groups attached to an aromatic ring is 1. The number of nitrogens with zero attached hydrogens (tertiary/aromatic N) is 2. The molecule has 19 heavy (non-hydrogen) atoms. The largest absolute Gasteiger partial charge is 0.368 e. The van der Waals surface area contributed by atoms with Crippen molar-refractivity contribution < 1.29 is 0 Å². The van der Waals surface area contributed by atoms with Crippen LogP contribution < -0.4 is 5.73 Å². The van der Waals surface area contributed by atoms with E-state index in [1.54, 1.807) is 0 Å². The van der Waals surface area contributed by atoms with E-state index in [-0.39, 0.29) is 5.41 Å². The van der Waals surface area contributed by atoms with Crippen molar-refractivity contribution in [3.63, 3.8) is 0 Å². The number of anilines is 1. The molecule has 0 radical (unpaired) electrons. The Morgan fingerprint density at radius 1 is 1.00 bits per heavy atom. The molecule has 0 atom stereocenters. The van der Waals surface area contributed by atoms with Crippen LogP contribution in [0.2, 0.25) is 0 Å². The van der Waals surface area contributed by atoms with E-state index in [4.69, 9.17) is 5.73 Å². The summed E-state index contributed by atoms with van der Waals surface area (Å²) in [5, 5.41) is 0. The van der Waals surface area contributed by atoms with E-state index >= 15 is 0 Å². The van der Waals surface area contributed by atoms with Gasteiger partial charge in [-0.2, -0.15) is 0 Å². The first-order valence-corrected chi connectivity index (χ1v) is 6.50. The van der Waals surface area contributed by atoms with Gasteiger partial charge in [0.1, 0.15) is 0 Å². The minimum atomic E-state index is 0.157. The molecule has 3 nitrogen and oxygen atoms in total. The maximum Gasteiger partial charge on any atom is 0.220 e. The van der Waals surface area contributed by atoms with Crippen LogP contribution in [0.5, 0.6) is 0 Å². The fourth-order valence-electron chi connectivity index (χ4n) is 2.15. The molecule has 0 amide bonds. The molecule has 0 saturated heterocycles. The SMILES string of the molecule is Cc1cc(-c2ccc(C(C)(C)C)cc2C)nc(N)n1. The van der Waals surface area contributed by atoms with E-state index in [1.165, 1.54) is 11.1 Å². The summed E-state index contributed by atoms with van der Waals surface area (Å²) in [7, 11) is 0. The normalized spacial score (nSPS) is 11.6. The van der Waals surface area contributed by atoms with Crippen LogP contribution in [-0.2, 0) is 5.41 Å². The number of nitrogens with two attached hydrogens (primary N) is 1. The van der Waals surface area contributed by atoms with Crippen LogP contribution in [0.15, 0.2) is 24.3 Å². The molecule has 0 bridgehead atoms. The first-order chi connectivity index (χ1) is 8.77. The van der Waals surface area contributed by atoms with E-state index in [0.29, 0.717) is 5.95 Å². The smallest absolute Gasteiger partial charge is 0.220 e. The monoisotopic (exact) mass is 255 g/mol. The Labute approximate surface area is 114 Å². The van der Waals surface area contributed by atoms with E-state index in [1.807, 2.05) is 13.0 Å². The van der Waals surface area contributed by atoms with Gasteiger partial charge in [0, 0.05) is 11.3 Å². The van der Waals surface area contributed by atoms with Crippen molar-refractivity contribution in [1.82, 2.24) is 9.97 Å². The molecule has 0 spiro atoms. The lowest BCUT2D eigenvalue weighted by Gasteiger charge is -2.20. The summed E-state index contributed by atoms with van der Waals surface area (Å²) >= 11 is 0. The van der Waals surface area contributed by atoms with Gasteiger partial charge in [-0.25, -0.2) is 9.97 Å². The highest BCUT2D eigenvalue weighted by Crippen LogP contribution is 2.28. The van der Waals surface area contributed by atoms with Crippen molar-refractivity contribution in [1.29, 1.82) is 0 Å². The Morgan fingerprint density at radius 3 is 2.21 bits per heavy atom. The van der Waals surface area contributed by atoms with Crippen LogP contribution in [0.25, 0.3) is 11.3 Å². The van der Waals surface area contributed by atoms with Crippen LogP contribution in [0.4, 0.5) is 5.95 Å². The second-order valence-corrected chi connectivity index (χ2v) is 6.03. The fourth-order valence-corrected chi connectivity index (χ4v) is 2.15. The Kier molecular flexibility index (Phi) is 3.31. The van der Waals surface area contributed by atoms with Crippen LogP contribution >= 0.6 is 0 Å². The van der Waals surface area contributed by atoms with Gasteiger partial charge in [-0.1, -0.05) is 39.0 Å². The predicted molar refractivity (Wildman–Crippen MR) is 80.1 cm³/mol. The maximum absolute atomic E-state index is 5.72. The molecule has 0 unspecified atom stereocenters. The summed E-state index contributed by atoms with van der Waals surface area (Å²) in [4.78, 5) is 8.44. The van der Waals surface area contributed by atoms with Gasteiger partial charge in [-0.15, -0.1) is 0 Å². The number of rotatable bonds is 1. The first-order valence-electron chi connectivity index (χ1n) is 6.50. The lowest BCUT2D eigenvalue weighted by atomic mass is 9.85. The van der Waals surface area contributed by atoms with E-state index in [9.17, 15) is 0 Å². The van der Waals surface area contributed by atoms with Crippen molar-refractivity contribution in [2.75, 3.05) is 5.73 Å². The number of aromatic nitrogens is 2. The van der Waals surface area contributed by atoms with E-state index in [0.717, 1.165) is 17.0 Å². The van der Waals surface area contributed by atoms with Crippen molar-refractivity contribution in [2.24, 2.45) is 0 Å². The molecule has 0 fully saturated rings. The highest BCUT2D eigenvalue weighted by Gasteiger charge is 2.15. The van der Waals surface area contributed by atoms with Crippen LogP contribution in [0, 0.1) is 13.8 Å². The molecular weight excluding hydrogens is 234 g/mol. The first kappa shape index (κ1) is 13.5. The average molecular weight is 255 g/mol. The van der Waals surface area contributed by atoms with Crippen LogP contribution in [0.3, 0.4) is 0 Å². The van der Waals surface area contributed by atoms with Crippen molar-refractivity contribution in [2.45, 2.75) is 40.0 Å². The maximum atomic E-state index is 5.72.